The van der Waals surface area contributed by atoms with Gasteiger partial charge in [-0.3, -0.25) is 9.59 Å². The maximum Gasteiger partial charge on any atom is 0.336 e. The predicted octanol–water partition coefficient (Wildman–Crippen LogP) is 5.32. The molecule has 0 spiro atoms. The number of hydrogen-bond acceptors (Lipinski definition) is 4. The molecule has 1 atom stereocenters. The molecule has 4 rings (SSSR count). The van der Waals surface area contributed by atoms with Crippen molar-refractivity contribution in [2.24, 2.45) is 0 Å². The number of aryl methyl sites for hydroxylation is 1. The fourth-order valence-corrected chi connectivity index (χ4v) is 4.86. The van der Waals surface area contributed by atoms with Crippen molar-refractivity contribution in [3.8, 4) is 0 Å². The summed E-state index contributed by atoms with van der Waals surface area (Å²) in [4.78, 5) is 40.5. The van der Waals surface area contributed by atoms with E-state index in [1.54, 1.807) is 30.9 Å². The zero-order chi connectivity index (χ0) is 27.1. The van der Waals surface area contributed by atoms with Crippen molar-refractivity contribution < 1.29 is 19.1 Å². The highest BCUT2D eigenvalue weighted by Gasteiger charge is 2.36. The highest BCUT2D eigenvalue weighted by Crippen LogP contribution is 2.38. The molecule has 1 heterocycles. The second-order valence-corrected chi connectivity index (χ2v) is 9.56. The number of hydrogen-bond donors (Lipinski definition) is 1. The third-order valence-electron chi connectivity index (χ3n) is 6.86. The van der Waals surface area contributed by atoms with Gasteiger partial charge in [0.15, 0.2) is 0 Å². The molecule has 0 fully saturated rings. The Bertz CT molecular complexity index is 1330. The standard InChI is InChI=1S/C32H34N2O4/c1-4-38-32(37)30-23(3)34(29(35)20-28(30)27-12-8-9-22(2)19-27)21-25-13-15-26(16-14-25)31(36)33-18-17-24-10-6-5-7-11-24/h5-16,19,28H,4,17-18,20-21H2,1-3H3,(H,33,36). The van der Waals surface area contributed by atoms with E-state index < -0.39 is 5.97 Å². The number of amides is 2. The summed E-state index contributed by atoms with van der Waals surface area (Å²) in [6.45, 7) is 6.70. The first-order chi connectivity index (χ1) is 18.4. The van der Waals surface area contributed by atoms with Crippen molar-refractivity contribution >= 4 is 17.8 Å². The van der Waals surface area contributed by atoms with Gasteiger partial charge in [-0.1, -0.05) is 72.3 Å². The molecule has 1 aliphatic heterocycles. The number of ether oxygens (including phenoxy) is 1. The first-order valence-corrected chi connectivity index (χ1v) is 13.0. The van der Waals surface area contributed by atoms with Crippen LogP contribution in [0.1, 0.15) is 58.8 Å². The summed E-state index contributed by atoms with van der Waals surface area (Å²) >= 11 is 0. The summed E-state index contributed by atoms with van der Waals surface area (Å²) in [5, 5.41) is 2.95. The molecule has 0 saturated heterocycles. The van der Waals surface area contributed by atoms with Crippen LogP contribution in [0.5, 0.6) is 0 Å². The number of nitrogens with one attached hydrogen (secondary N) is 1. The third-order valence-corrected chi connectivity index (χ3v) is 6.86. The van der Waals surface area contributed by atoms with Crippen LogP contribution in [0.2, 0.25) is 0 Å². The maximum atomic E-state index is 13.3. The van der Waals surface area contributed by atoms with Gasteiger partial charge in [0, 0.05) is 30.1 Å². The van der Waals surface area contributed by atoms with Gasteiger partial charge < -0.3 is 15.0 Å². The fourth-order valence-electron chi connectivity index (χ4n) is 4.86. The molecule has 1 unspecified atom stereocenters. The lowest BCUT2D eigenvalue weighted by Gasteiger charge is -2.34. The lowest BCUT2D eigenvalue weighted by atomic mass is 9.83. The van der Waals surface area contributed by atoms with Gasteiger partial charge >= 0.3 is 5.97 Å². The lowest BCUT2D eigenvalue weighted by Crippen LogP contribution is -2.38. The first-order valence-electron chi connectivity index (χ1n) is 13.0. The molecule has 2 amide bonds. The molecular formula is C32H34N2O4. The SMILES string of the molecule is CCOC(=O)C1=C(C)N(Cc2ccc(C(=O)NCCc3ccccc3)cc2)C(=O)CC1c1cccc(C)c1. The van der Waals surface area contributed by atoms with Gasteiger partial charge in [0.25, 0.3) is 5.91 Å². The minimum atomic E-state index is -0.392. The minimum absolute atomic E-state index is 0.0511. The van der Waals surface area contributed by atoms with Crippen molar-refractivity contribution in [1.82, 2.24) is 10.2 Å². The quantitative estimate of drug-likeness (QED) is 0.395. The van der Waals surface area contributed by atoms with Gasteiger partial charge in [-0.05, 0) is 56.0 Å². The van der Waals surface area contributed by atoms with Crippen LogP contribution in [-0.4, -0.2) is 35.8 Å². The topological polar surface area (TPSA) is 75.7 Å². The third kappa shape index (κ3) is 6.38. The average molecular weight is 511 g/mol. The van der Waals surface area contributed by atoms with Crippen LogP contribution in [0.25, 0.3) is 0 Å². The fraction of sp³-hybridized carbons (Fsp3) is 0.281. The summed E-state index contributed by atoms with van der Waals surface area (Å²) in [7, 11) is 0. The van der Waals surface area contributed by atoms with Gasteiger partial charge in [-0.25, -0.2) is 4.79 Å². The lowest BCUT2D eigenvalue weighted by molar-refractivity contribution is -0.140. The molecule has 1 N–H and O–H groups in total. The van der Waals surface area contributed by atoms with E-state index in [0.29, 0.717) is 29.9 Å². The molecule has 0 aliphatic carbocycles. The number of nitrogens with zero attached hydrogens (tertiary/aromatic N) is 1. The Hall–Kier alpha value is -4.19. The molecule has 3 aromatic rings. The largest absolute Gasteiger partial charge is 0.463 e. The monoisotopic (exact) mass is 510 g/mol. The van der Waals surface area contributed by atoms with Gasteiger partial charge in [-0.2, -0.15) is 0 Å². The molecule has 6 nitrogen and oxygen atoms in total. The Balaban J connectivity index is 1.48. The molecule has 6 heteroatoms. The second kappa shape index (κ2) is 12.4. The molecule has 0 bridgehead atoms. The first kappa shape index (κ1) is 26.9. The van der Waals surface area contributed by atoms with Gasteiger partial charge in [0.2, 0.25) is 5.91 Å². The van der Waals surface area contributed by atoms with E-state index in [9.17, 15) is 14.4 Å². The Morgan fingerprint density at radius 1 is 0.947 bits per heavy atom. The van der Waals surface area contributed by atoms with Crippen LogP contribution in [0.4, 0.5) is 0 Å². The molecule has 0 aromatic heterocycles. The number of benzene rings is 3. The zero-order valence-corrected chi connectivity index (χ0v) is 22.2. The van der Waals surface area contributed by atoms with Crippen LogP contribution in [-0.2, 0) is 27.3 Å². The summed E-state index contributed by atoms with van der Waals surface area (Å²) in [5.41, 5.74) is 5.73. The summed E-state index contributed by atoms with van der Waals surface area (Å²) in [5.74, 6) is -0.927. The highest BCUT2D eigenvalue weighted by molar-refractivity contribution is 5.96. The Morgan fingerprint density at radius 3 is 2.37 bits per heavy atom. The zero-order valence-electron chi connectivity index (χ0n) is 22.2. The highest BCUT2D eigenvalue weighted by atomic mass is 16.5. The van der Waals surface area contributed by atoms with Crippen LogP contribution in [0.3, 0.4) is 0 Å². The van der Waals surface area contributed by atoms with Crippen molar-refractivity contribution in [1.29, 1.82) is 0 Å². The smallest absolute Gasteiger partial charge is 0.336 e. The number of carbonyl (C=O) groups excluding carboxylic acids is 3. The average Bonchev–Trinajstić information content (AvgIpc) is 2.91. The van der Waals surface area contributed by atoms with Crippen LogP contribution < -0.4 is 5.32 Å². The van der Waals surface area contributed by atoms with Crippen molar-refractivity contribution in [2.45, 2.75) is 46.1 Å². The van der Waals surface area contributed by atoms with E-state index in [0.717, 1.165) is 23.1 Å². The molecule has 38 heavy (non-hydrogen) atoms. The molecule has 196 valence electrons. The normalized spacial score (nSPS) is 15.4. The van der Waals surface area contributed by atoms with Crippen LogP contribution >= 0.6 is 0 Å². The van der Waals surface area contributed by atoms with E-state index in [2.05, 4.69) is 5.32 Å². The number of allylic oxidation sites excluding steroid dienone is 1. The van der Waals surface area contributed by atoms with Crippen molar-refractivity contribution in [3.05, 3.63) is 118 Å². The second-order valence-electron chi connectivity index (χ2n) is 9.56. The van der Waals surface area contributed by atoms with Gasteiger partial charge in [-0.15, -0.1) is 0 Å². The Labute approximate surface area is 224 Å². The molecule has 3 aromatic carbocycles. The molecule has 0 radical (unpaired) electrons. The van der Waals surface area contributed by atoms with E-state index in [1.807, 2.05) is 73.7 Å². The maximum absolute atomic E-state index is 13.3. The number of esters is 1. The van der Waals surface area contributed by atoms with E-state index in [1.165, 1.54) is 5.56 Å². The summed E-state index contributed by atoms with van der Waals surface area (Å²) in [6.07, 6.45) is 0.955. The van der Waals surface area contributed by atoms with Gasteiger partial charge in [0.05, 0.1) is 18.7 Å². The van der Waals surface area contributed by atoms with Crippen molar-refractivity contribution in [3.63, 3.8) is 0 Å². The van der Waals surface area contributed by atoms with E-state index >= 15 is 0 Å². The number of rotatable bonds is 9. The van der Waals surface area contributed by atoms with Crippen LogP contribution in [0.15, 0.2) is 90.1 Å². The summed E-state index contributed by atoms with van der Waals surface area (Å²) < 4.78 is 5.39. The van der Waals surface area contributed by atoms with E-state index in [-0.39, 0.29) is 30.8 Å². The molecule has 0 saturated carbocycles. The molecular weight excluding hydrogens is 476 g/mol. The van der Waals surface area contributed by atoms with Crippen molar-refractivity contribution in [2.75, 3.05) is 13.2 Å². The Kier molecular flexibility index (Phi) is 8.74. The van der Waals surface area contributed by atoms with Gasteiger partial charge in [0.1, 0.15) is 0 Å². The van der Waals surface area contributed by atoms with E-state index in [4.69, 9.17) is 4.74 Å². The Morgan fingerprint density at radius 2 is 1.68 bits per heavy atom. The summed E-state index contributed by atoms with van der Waals surface area (Å²) in [6, 6.07) is 25.2. The van der Waals surface area contributed by atoms with Crippen LogP contribution in [0, 0.1) is 6.92 Å². The molecule has 1 aliphatic rings. The predicted molar refractivity (Wildman–Crippen MR) is 147 cm³/mol. The minimum Gasteiger partial charge on any atom is -0.463 e. The number of carbonyl (C=O) groups is 3.